The molecular formula is C20H25N3O3S2. The molecular weight excluding hydrogens is 394 g/mol. The second-order valence-electron chi connectivity index (χ2n) is 7.84. The normalized spacial score (nSPS) is 24.3. The van der Waals surface area contributed by atoms with E-state index in [2.05, 4.69) is 48.5 Å². The fraction of sp³-hybridized carbons (Fsp3) is 0.500. The predicted octanol–water partition coefficient (Wildman–Crippen LogP) is 3.80. The van der Waals surface area contributed by atoms with Gasteiger partial charge < -0.3 is 10.1 Å². The SMILES string of the molecule is CSc1ccc([C@@H]2SCC(=O)Nc3c2c(=O)[nH]n3[C@@H]2CCOC(C)(C)C2)cc1. The Morgan fingerprint density at radius 1 is 1.25 bits per heavy atom. The van der Waals surface area contributed by atoms with E-state index in [4.69, 9.17) is 4.74 Å². The van der Waals surface area contributed by atoms with Crippen LogP contribution in [0.3, 0.4) is 0 Å². The number of aromatic nitrogens is 2. The van der Waals surface area contributed by atoms with Crippen LogP contribution < -0.4 is 10.9 Å². The highest BCUT2D eigenvalue weighted by molar-refractivity contribution is 8.00. The number of benzene rings is 1. The summed E-state index contributed by atoms with van der Waals surface area (Å²) < 4.78 is 7.70. The van der Waals surface area contributed by atoms with Crippen LogP contribution in [0.1, 0.15) is 49.1 Å². The molecule has 28 heavy (non-hydrogen) atoms. The summed E-state index contributed by atoms with van der Waals surface area (Å²) in [6.07, 6.45) is 3.62. The Morgan fingerprint density at radius 3 is 2.68 bits per heavy atom. The van der Waals surface area contributed by atoms with Crippen LogP contribution in [-0.4, -0.2) is 39.9 Å². The average Bonchev–Trinajstić information content (AvgIpc) is 2.87. The largest absolute Gasteiger partial charge is 0.375 e. The number of thioether (sulfide) groups is 2. The lowest BCUT2D eigenvalue weighted by molar-refractivity contribution is -0.113. The highest BCUT2D eigenvalue weighted by Gasteiger charge is 2.35. The zero-order chi connectivity index (χ0) is 19.9. The third kappa shape index (κ3) is 3.77. The molecule has 4 rings (SSSR count). The van der Waals surface area contributed by atoms with E-state index in [-0.39, 0.29) is 28.4 Å². The number of aromatic amines is 1. The molecule has 2 N–H and O–H groups in total. The first kappa shape index (κ1) is 19.7. The van der Waals surface area contributed by atoms with E-state index in [0.717, 1.165) is 18.4 Å². The quantitative estimate of drug-likeness (QED) is 0.740. The first-order valence-corrected chi connectivity index (χ1v) is 11.7. The second kappa shape index (κ2) is 7.65. The highest BCUT2D eigenvalue weighted by Crippen LogP contribution is 2.42. The van der Waals surface area contributed by atoms with Crippen LogP contribution in [0, 0.1) is 0 Å². The summed E-state index contributed by atoms with van der Waals surface area (Å²) in [7, 11) is 0. The van der Waals surface area contributed by atoms with Crippen molar-refractivity contribution in [2.45, 2.75) is 48.5 Å². The molecule has 150 valence electrons. The number of nitrogens with zero attached hydrogens (tertiary/aromatic N) is 1. The van der Waals surface area contributed by atoms with Crippen molar-refractivity contribution in [1.29, 1.82) is 0 Å². The molecule has 6 nitrogen and oxygen atoms in total. The Bertz CT molecular complexity index is 933. The second-order valence-corrected chi connectivity index (χ2v) is 9.81. The van der Waals surface area contributed by atoms with Crippen molar-refractivity contribution in [2.75, 3.05) is 23.9 Å². The maximum atomic E-state index is 13.0. The van der Waals surface area contributed by atoms with Gasteiger partial charge in [0.15, 0.2) is 0 Å². The van der Waals surface area contributed by atoms with Crippen LogP contribution >= 0.6 is 23.5 Å². The molecule has 8 heteroatoms. The van der Waals surface area contributed by atoms with Crippen LogP contribution in [-0.2, 0) is 9.53 Å². The van der Waals surface area contributed by atoms with Gasteiger partial charge in [0.2, 0.25) is 5.91 Å². The van der Waals surface area contributed by atoms with Gasteiger partial charge >= 0.3 is 0 Å². The molecule has 0 aliphatic carbocycles. The van der Waals surface area contributed by atoms with E-state index in [0.29, 0.717) is 23.7 Å². The molecule has 0 unspecified atom stereocenters. The van der Waals surface area contributed by atoms with Crippen LogP contribution in [0.5, 0.6) is 0 Å². The fourth-order valence-electron chi connectivity index (χ4n) is 3.98. The van der Waals surface area contributed by atoms with E-state index in [1.807, 2.05) is 10.9 Å². The molecule has 2 aliphatic rings. The Morgan fingerprint density at radius 2 is 2.00 bits per heavy atom. The Balaban J connectivity index is 1.77. The molecule has 2 atom stereocenters. The molecule has 0 bridgehead atoms. The number of fused-ring (bicyclic) bond motifs is 1. The lowest BCUT2D eigenvalue weighted by Gasteiger charge is -2.36. The minimum atomic E-state index is -0.256. The van der Waals surface area contributed by atoms with E-state index in [9.17, 15) is 9.59 Å². The average molecular weight is 420 g/mol. The molecule has 1 aromatic carbocycles. The van der Waals surface area contributed by atoms with E-state index in [1.165, 1.54) is 16.7 Å². The maximum Gasteiger partial charge on any atom is 0.270 e. The number of anilines is 1. The Labute approximate surface area is 172 Å². The molecule has 0 spiro atoms. The van der Waals surface area contributed by atoms with E-state index < -0.39 is 0 Å². The fourth-order valence-corrected chi connectivity index (χ4v) is 5.51. The summed E-state index contributed by atoms with van der Waals surface area (Å²) in [6, 6.07) is 8.32. The summed E-state index contributed by atoms with van der Waals surface area (Å²) >= 11 is 3.18. The van der Waals surface area contributed by atoms with E-state index >= 15 is 0 Å². The summed E-state index contributed by atoms with van der Waals surface area (Å²) in [6.45, 7) is 4.75. The molecule has 2 aromatic rings. The number of amides is 1. The first-order valence-electron chi connectivity index (χ1n) is 9.42. The van der Waals surface area contributed by atoms with Crippen LogP contribution in [0.2, 0.25) is 0 Å². The third-order valence-corrected chi connectivity index (χ3v) is 7.33. The minimum Gasteiger partial charge on any atom is -0.375 e. The van der Waals surface area contributed by atoms with Crippen molar-refractivity contribution < 1.29 is 9.53 Å². The monoisotopic (exact) mass is 419 g/mol. The van der Waals surface area contributed by atoms with Crippen molar-refractivity contribution in [3.63, 3.8) is 0 Å². The van der Waals surface area contributed by atoms with E-state index in [1.54, 1.807) is 11.8 Å². The van der Waals surface area contributed by atoms with Gasteiger partial charge in [0.25, 0.3) is 5.56 Å². The number of hydrogen-bond acceptors (Lipinski definition) is 5. The molecule has 0 radical (unpaired) electrons. The van der Waals surface area contributed by atoms with Gasteiger partial charge in [-0.15, -0.1) is 23.5 Å². The molecule has 1 amide bonds. The number of H-pyrrole nitrogens is 1. The zero-order valence-corrected chi connectivity index (χ0v) is 17.9. The summed E-state index contributed by atoms with van der Waals surface area (Å²) in [5.74, 6) is 0.859. The van der Waals surface area contributed by atoms with Gasteiger partial charge in [-0.3, -0.25) is 19.4 Å². The maximum absolute atomic E-state index is 13.0. The number of ether oxygens (including phenoxy) is 1. The number of hydrogen-bond donors (Lipinski definition) is 2. The van der Waals surface area contributed by atoms with Crippen LogP contribution in [0.15, 0.2) is 34.0 Å². The summed E-state index contributed by atoms with van der Waals surface area (Å²) in [5, 5.41) is 5.81. The molecule has 1 aromatic heterocycles. The molecule has 0 saturated carbocycles. The van der Waals surface area contributed by atoms with Gasteiger partial charge in [-0.1, -0.05) is 12.1 Å². The molecule has 2 aliphatic heterocycles. The van der Waals surface area contributed by atoms with Crippen molar-refractivity contribution >= 4 is 35.2 Å². The molecule has 1 fully saturated rings. The predicted molar refractivity (Wildman–Crippen MR) is 115 cm³/mol. The zero-order valence-electron chi connectivity index (χ0n) is 16.3. The molecule has 1 saturated heterocycles. The molecule has 3 heterocycles. The van der Waals surface area contributed by atoms with Gasteiger partial charge in [-0.05, 0) is 50.6 Å². The third-order valence-electron chi connectivity index (χ3n) is 5.32. The van der Waals surface area contributed by atoms with Crippen molar-refractivity contribution in [3.8, 4) is 0 Å². The Kier molecular flexibility index (Phi) is 5.37. The van der Waals surface area contributed by atoms with Crippen molar-refractivity contribution in [2.24, 2.45) is 0 Å². The van der Waals surface area contributed by atoms with Gasteiger partial charge in [0.1, 0.15) is 5.82 Å². The van der Waals surface area contributed by atoms with Crippen LogP contribution in [0.4, 0.5) is 5.82 Å². The minimum absolute atomic E-state index is 0.0754. The lowest BCUT2D eigenvalue weighted by Crippen LogP contribution is -2.36. The standard InChI is InChI=1S/C20H25N3O3S2/c1-20(2)10-13(8-9-26-20)23-18-16(19(25)22-23)17(28-11-15(24)21-18)12-4-6-14(27-3)7-5-12/h4-7,13,17H,8-11H2,1-3H3,(H,21,24)(H,22,25)/t13-,17+/m1/s1. The summed E-state index contributed by atoms with van der Waals surface area (Å²) in [4.78, 5) is 26.6. The van der Waals surface area contributed by atoms with Crippen LogP contribution in [0.25, 0.3) is 0 Å². The topological polar surface area (TPSA) is 76.1 Å². The first-order chi connectivity index (χ1) is 13.4. The number of nitrogens with one attached hydrogen (secondary N) is 2. The van der Waals surface area contributed by atoms with Crippen molar-refractivity contribution in [1.82, 2.24) is 9.78 Å². The van der Waals surface area contributed by atoms with Gasteiger partial charge in [0, 0.05) is 11.5 Å². The number of carbonyl (C=O) groups is 1. The Hall–Kier alpha value is -1.64. The highest BCUT2D eigenvalue weighted by atomic mass is 32.2. The van der Waals surface area contributed by atoms with Gasteiger partial charge in [0.05, 0.1) is 28.2 Å². The van der Waals surface area contributed by atoms with Gasteiger partial charge in [-0.25, -0.2) is 0 Å². The summed E-state index contributed by atoms with van der Waals surface area (Å²) in [5.41, 5.74) is 1.29. The van der Waals surface area contributed by atoms with Crippen molar-refractivity contribution in [3.05, 3.63) is 45.7 Å². The smallest absolute Gasteiger partial charge is 0.270 e. The number of carbonyl (C=O) groups excluding carboxylic acids is 1. The van der Waals surface area contributed by atoms with Gasteiger partial charge in [-0.2, -0.15) is 0 Å². The lowest BCUT2D eigenvalue weighted by atomic mass is 9.94. The number of rotatable bonds is 3.